The molecule has 4 aromatic rings. The van der Waals surface area contributed by atoms with Gasteiger partial charge in [-0.2, -0.15) is 4.98 Å². The van der Waals surface area contributed by atoms with Crippen LogP contribution in [0.25, 0.3) is 11.4 Å². The van der Waals surface area contributed by atoms with E-state index in [9.17, 15) is 4.79 Å². The fraction of sp³-hybridized carbons (Fsp3) is 0.154. The van der Waals surface area contributed by atoms with Gasteiger partial charge in [-0.15, -0.1) is 5.10 Å². The van der Waals surface area contributed by atoms with E-state index < -0.39 is 6.04 Å². The van der Waals surface area contributed by atoms with Gasteiger partial charge in [-0.05, 0) is 43.3 Å². The molecule has 0 saturated carbocycles. The summed E-state index contributed by atoms with van der Waals surface area (Å²) in [5, 5.41) is 11.5. The van der Waals surface area contributed by atoms with Crippen LogP contribution in [0.5, 0.6) is 11.5 Å². The van der Waals surface area contributed by atoms with Crippen molar-refractivity contribution in [2.75, 3.05) is 24.9 Å². The first-order valence-electron chi connectivity index (χ1n) is 11.1. The number of anilines is 2. The second-order valence-electron chi connectivity index (χ2n) is 8.06. The minimum Gasteiger partial charge on any atom is -0.493 e. The van der Waals surface area contributed by atoms with E-state index in [0.29, 0.717) is 45.3 Å². The molecule has 1 unspecified atom stereocenters. The van der Waals surface area contributed by atoms with Crippen LogP contribution in [-0.4, -0.2) is 39.9 Å². The quantitative estimate of drug-likeness (QED) is 0.385. The molecule has 0 saturated heterocycles. The second kappa shape index (κ2) is 9.71. The number of allylic oxidation sites excluding steroid dienone is 1. The van der Waals surface area contributed by atoms with E-state index in [4.69, 9.17) is 31.2 Å². The number of carbonyl (C=O) groups is 1. The smallest absolute Gasteiger partial charge is 0.255 e. The molecule has 0 bridgehead atoms. The molecule has 10 heteroatoms. The van der Waals surface area contributed by atoms with E-state index >= 15 is 0 Å². The lowest BCUT2D eigenvalue weighted by Gasteiger charge is -2.29. The molecule has 36 heavy (non-hydrogen) atoms. The van der Waals surface area contributed by atoms with Gasteiger partial charge in [0.15, 0.2) is 17.3 Å². The Kier molecular flexibility index (Phi) is 6.30. The van der Waals surface area contributed by atoms with Gasteiger partial charge in [-0.1, -0.05) is 29.8 Å². The zero-order chi connectivity index (χ0) is 25.2. The number of hydrogen-bond donors (Lipinski definition) is 2. The van der Waals surface area contributed by atoms with Crippen molar-refractivity contribution in [2.45, 2.75) is 13.0 Å². The molecular formula is C26H23ClN6O3. The molecule has 2 aromatic carbocycles. The zero-order valence-electron chi connectivity index (χ0n) is 19.8. The van der Waals surface area contributed by atoms with Crippen LogP contribution in [0.4, 0.5) is 11.6 Å². The number of hydrogen-bond acceptors (Lipinski definition) is 7. The fourth-order valence-corrected chi connectivity index (χ4v) is 4.40. The van der Waals surface area contributed by atoms with Gasteiger partial charge in [0.25, 0.3) is 5.91 Å². The molecule has 0 fully saturated rings. The average Bonchev–Trinajstić information content (AvgIpc) is 3.32. The fourth-order valence-electron chi connectivity index (χ4n) is 4.16. The molecular weight excluding hydrogens is 480 g/mol. The normalized spacial score (nSPS) is 14.6. The van der Waals surface area contributed by atoms with E-state index in [1.54, 1.807) is 61.6 Å². The Morgan fingerprint density at radius 2 is 1.89 bits per heavy atom. The first kappa shape index (κ1) is 23.4. The monoisotopic (exact) mass is 502 g/mol. The number of pyridine rings is 1. The van der Waals surface area contributed by atoms with Gasteiger partial charge < -0.3 is 20.1 Å². The summed E-state index contributed by atoms with van der Waals surface area (Å²) in [5.74, 6) is 1.80. The molecule has 1 aliphatic heterocycles. The van der Waals surface area contributed by atoms with Crippen molar-refractivity contribution in [1.29, 1.82) is 0 Å². The van der Waals surface area contributed by atoms with Gasteiger partial charge in [-0.25, -0.2) is 4.68 Å². The number of nitrogens with zero attached hydrogens (tertiary/aromatic N) is 4. The summed E-state index contributed by atoms with van der Waals surface area (Å²) in [6.45, 7) is 1.83. The van der Waals surface area contributed by atoms with E-state index in [-0.39, 0.29) is 5.91 Å². The van der Waals surface area contributed by atoms with E-state index in [1.165, 1.54) is 0 Å². The Morgan fingerprint density at radius 3 is 2.61 bits per heavy atom. The first-order valence-corrected chi connectivity index (χ1v) is 11.5. The third kappa shape index (κ3) is 4.25. The number of amides is 1. The highest BCUT2D eigenvalue weighted by molar-refractivity contribution is 6.31. The molecule has 182 valence electrons. The molecule has 3 heterocycles. The predicted molar refractivity (Wildman–Crippen MR) is 137 cm³/mol. The SMILES string of the molecule is COc1ccc(-c2nc3n(n2)C(c2ccccc2Cl)C(C(=O)Nc2cccnc2)=C(C)N3)cc1OC. The summed E-state index contributed by atoms with van der Waals surface area (Å²) in [6.07, 6.45) is 3.23. The van der Waals surface area contributed by atoms with Crippen molar-refractivity contribution in [3.8, 4) is 22.9 Å². The lowest BCUT2D eigenvalue weighted by atomic mass is 9.95. The molecule has 5 rings (SSSR count). The lowest BCUT2D eigenvalue weighted by Crippen LogP contribution is -2.31. The molecule has 2 aromatic heterocycles. The number of aromatic nitrogens is 4. The highest BCUT2D eigenvalue weighted by Crippen LogP contribution is 2.40. The Bertz CT molecular complexity index is 1470. The van der Waals surface area contributed by atoms with Crippen molar-refractivity contribution in [1.82, 2.24) is 19.7 Å². The number of rotatable bonds is 6. The third-order valence-electron chi connectivity index (χ3n) is 5.86. The van der Waals surface area contributed by atoms with Crippen LogP contribution in [0.15, 0.2) is 78.3 Å². The van der Waals surface area contributed by atoms with Crippen molar-refractivity contribution >= 4 is 29.1 Å². The number of benzene rings is 2. The number of halogens is 1. The lowest BCUT2D eigenvalue weighted by molar-refractivity contribution is -0.113. The molecule has 2 N–H and O–H groups in total. The second-order valence-corrected chi connectivity index (χ2v) is 8.46. The highest BCUT2D eigenvalue weighted by atomic mass is 35.5. The van der Waals surface area contributed by atoms with Crippen LogP contribution < -0.4 is 20.1 Å². The van der Waals surface area contributed by atoms with Crippen molar-refractivity contribution in [3.63, 3.8) is 0 Å². The van der Waals surface area contributed by atoms with Crippen molar-refractivity contribution < 1.29 is 14.3 Å². The third-order valence-corrected chi connectivity index (χ3v) is 6.20. The molecule has 9 nitrogen and oxygen atoms in total. The Morgan fingerprint density at radius 1 is 1.08 bits per heavy atom. The number of methoxy groups -OCH3 is 2. The van der Waals surface area contributed by atoms with Gasteiger partial charge in [0.2, 0.25) is 5.95 Å². The number of fused-ring (bicyclic) bond motifs is 1. The van der Waals surface area contributed by atoms with Crippen LogP contribution in [0.1, 0.15) is 18.5 Å². The minimum atomic E-state index is -0.618. The van der Waals surface area contributed by atoms with Gasteiger partial charge in [0, 0.05) is 28.0 Å². The largest absolute Gasteiger partial charge is 0.493 e. The van der Waals surface area contributed by atoms with Crippen LogP contribution >= 0.6 is 11.6 Å². The van der Waals surface area contributed by atoms with Crippen LogP contribution in [0, 0.1) is 0 Å². The maximum absolute atomic E-state index is 13.5. The van der Waals surface area contributed by atoms with Gasteiger partial charge >= 0.3 is 0 Å². The van der Waals surface area contributed by atoms with Gasteiger partial charge in [-0.3, -0.25) is 9.78 Å². The highest BCUT2D eigenvalue weighted by Gasteiger charge is 2.35. The molecule has 0 aliphatic carbocycles. The van der Waals surface area contributed by atoms with E-state index in [2.05, 4.69) is 15.6 Å². The molecule has 1 aliphatic rings. The Balaban J connectivity index is 1.61. The topological polar surface area (TPSA) is 103 Å². The summed E-state index contributed by atoms with van der Waals surface area (Å²) < 4.78 is 12.5. The summed E-state index contributed by atoms with van der Waals surface area (Å²) >= 11 is 6.62. The van der Waals surface area contributed by atoms with E-state index in [0.717, 1.165) is 11.1 Å². The summed E-state index contributed by atoms with van der Waals surface area (Å²) in [6, 6.07) is 15.8. The summed E-state index contributed by atoms with van der Waals surface area (Å²) in [5.41, 5.74) is 3.13. The first-order chi connectivity index (χ1) is 17.5. The Hall–Kier alpha value is -4.37. The maximum Gasteiger partial charge on any atom is 0.255 e. The molecule has 0 radical (unpaired) electrons. The van der Waals surface area contributed by atoms with E-state index in [1.807, 2.05) is 31.2 Å². The standard InChI is InChI=1S/C26H23ClN6O3/c1-15-22(25(34)30-17-7-6-12-28-14-17)23(18-8-4-5-9-19(18)27)33-26(29-15)31-24(32-33)16-10-11-20(35-2)21(13-16)36-3/h4-14,23H,1-3H3,(H,30,34)(H,29,31,32). The molecule has 1 atom stereocenters. The number of carbonyl (C=O) groups excluding carboxylic acids is 1. The predicted octanol–water partition coefficient (Wildman–Crippen LogP) is 4.94. The average molecular weight is 503 g/mol. The Labute approximate surface area is 212 Å². The zero-order valence-corrected chi connectivity index (χ0v) is 20.6. The van der Waals surface area contributed by atoms with Crippen LogP contribution in [-0.2, 0) is 4.79 Å². The van der Waals surface area contributed by atoms with Crippen molar-refractivity contribution in [2.24, 2.45) is 0 Å². The summed E-state index contributed by atoms with van der Waals surface area (Å²) in [7, 11) is 3.15. The number of ether oxygens (including phenoxy) is 2. The van der Waals surface area contributed by atoms with Gasteiger partial charge in [0.1, 0.15) is 6.04 Å². The molecule has 0 spiro atoms. The van der Waals surface area contributed by atoms with Crippen LogP contribution in [0.3, 0.4) is 0 Å². The van der Waals surface area contributed by atoms with Crippen molar-refractivity contribution in [3.05, 3.63) is 88.8 Å². The molecule has 1 amide bonds. The minimum absolute atomic E-state index is 0.299. The number of nitrogens with one attached hydrogen (secondary N) is 2. The maximum atomic E-state index is 13.5. The summed E-state index contributed by atoms with van der Waals surface area (Å²) in [4.78, 5) is 22.3. The van der Waals surface area contributed by atoms with Gasteiger partial charge in [0.05, 0.1) is 31.7 Å². The van der Waals surface area contributed by atoms with Crippen LogP contribution in [0.2, 0.25) is 5.02 Å².